The number of amides is 1. The normalized spacial score (nSPS) is 11.6. The summed E-state index contributed by atoms with van der Waals surface area (Å²) < 4.78 is 25.2. The molecule has 2 aromatic rings. The Kier molecular flexibility index (Phi) is 6.01. The van der Waals surface area contributed by atoms with Gasteiger partial charge in [-0.25, -0.2) is 8.42 Å². The number of nitrogens with zero attached hydrogens (tertiary/aromatic N) is 1. The molecule has 0 saturated carbocycles. The zero-order valence-corrected chi connectivity index (χ0v) is 16.0. The lowest BCUT2D eigenvalue weighted by Crippen LogP contribution is -2.40. The molecule has 0 spiro atoms. The van der Waals surface area contributed by atoms with Crippen LogP contribution in [-0.2, 0) is 20.4 Å². The molecule has 2 rings (SSSR count). The van der Waals surface area contributed by atoms with Gasteiger partial charge in [-0.2, -0.15) is 0 Å². The molecule has 0 N–H and O–H groups in total. The summed E-state index contributed by atoms with van der Waals surface area (Å²) in [6, 6.07) is 14.8. The van der Waals surface area contributed by atoms with Crippen LogP contribution in [0.1, 0.15) is 30.5 Å². The first-order valence-corrected chi connectivity index (χ1v) is 10.2. The number of hydrogen-bond acceptors (Lipinski definition) is 3. The van der Waals surface area contributed by atoms with Crippen molar-refractivity contribution in [2.45, 2.75) is 39.5 Å². The predicted octanol–water partition coefficient (Wildman–Crippen LogP) is 3.66. The van der Waals surface area contributed by atoms with Crippen molar-refractivity contribution >= 4 is 21.4 Å². The minimum atomic E-state index is -3.55. The monoisotopic (exact) mass is 359 g/mol. The number of sulfone groups is 1. The molecule has 0 atom stereocenters. The minimum absolute atomic E-state index is 0.118. The highest BCUT2D eigenvalue weighted by Crippen LogP contribution is 2.19. The quantitative estimate of drug-likeness (QED) is 0.791. The highest BCUT2D eigenvalue weighted by atomic mass is 32.2. The molecule has 5 heteroatoms. The van der Waals surface area contributed by atoms with E-state index in [4.69, 9.17) is 0 Å². The standard InChI is InChI=1S/C20H25NO3S/c1-15(2)21(19-8-6-5-7-9-19)20(22)14-25(23,24)13-18-12-16(3)10-11-17(18)4/h5-12,15H,13-14H2,1-4H3. The Morgan fingerprint density at radius 3 is 2.28 bits per heavy atom. The largest absolute Gasteiger partial charge is 0.309 e. The second-order valence-corrected chi connectivity index (χ2v) is 8.72. The number of benzene rings is 2. The van der Waals surface area contributed by atoms with Gasteiger partial charge >= 0.3 is 0 Å². The number of aryl methyl sites for hydroxylation is 2. The zero-order chi connectivity index (χ0) is 18.6. The topological polar surface area (TPSA) is 54.5 Å². The van der Waals surface area contributed by atoms with Gasteiger partial charge in [-0.15, -0.1) is 0 Å². The van der Waals surface area contributed by atoms with Gasteiger partial charge in [0.05, 0.1) is 5.75 Å². The third kappa shape index (κ3) is 5.16. The van der Waals surface area contributed by atoms with Crippen molar-refractivity contribution in [1.29, 1.82) is 0 Å². The van der Waals surface area contributed by atoms with Crippen LogP contribution in [0, 0.1) is 13.8 Å². The van der Waals surface area contributed by atoms with Gasteiger partial charge in [-0.3, -0.25) is 4.79 Å². The molecule has 0 fully saturated rings. The van der Waals surface area contributed by atoms with E-state index < -0.39 is 21.5 Å². The van der Waals surface area contributed by atoms with Gasteiger partial charge in [0.1, 0.15) is 5.75 Å². The Morgan fingerprint density at radius 2 is 1.68 bits per heavy atom. The highest BCUT2D eigenvalue weighted by Gasteiger charge is 2.25. The zero-order valence-electron chi connectivity index (χ0n) is 15.2. The molecule has 0 unspecified atom stereocenters. The fourth-order valence-corrected chi connectivity index (χ4v) is 4.22. The Bertz CT molecular complexity index is 842. The lowest BCUT2D eigenvalue weighted by atomic mass is 10.1. The average Bonchev–Trinajstić information content (AvgIpc) is 2.51. The van der Waals surface area contributed by atoms with Gasteiger partial charge in [0.25, 0.3) is 0 Å². The van der Waals surface area contributed by atoms with Crippen LogP contribution < -0.4 is 4.90 Å². The number of carbonyl (C=O) groups excluding carboxylic acids is 1. The molecule has 0 saturated heterocycles. The van der Waals surface area contributed by atoms with Gasteiger partial charge in [-0.1, -0.05) is 42.0 Å². The fraction of sp³-hybridized carbons (Fsp3) is 0.350. The van der Waals surface area contributed by atoms with Crippen LogP contribution in [0.4, 0.5) is 5.69 Å². The van der Waals surface area contributed by atoms with Crippen molar-refractivity contribution < 1.29 is 13.2 Å². The highest BCUT2D eigenvalue weighted by molar-refractivity contribution is 7.91. The number of hydrogen-bond donors (Lipinski definition) is 0. The Hall–Kier alpha value is -2.14. The molecule has 0 radical (unpaired) electrons. The Labute approximate surface area is 150 Å². The molecular formula is C20H25NO3S. The van der Waals surface area contributed by atoms with Crippen LogP contribution >= 0.6 is 0 Å². The van der Waals surface area contributed by atoms with Crippen LogP contribution in [0.5, 0.6) is 0 Å². The summed E-state index contributed by atoms with van der Waals surface area (Å²) in [5.74, 6) is -1.01. The molecule has 1 amide bonds. The average molecular weight is 359 g/mol. The van der Waals surface area contributed by atoms with Gasteiger partial charge in [0.15, 0.2) is 9.84 Å². The molecule has 0 aliphatic heterocycles. The number of anilines is 1. The van der Waals surface area contributed by atoms with Crippen molar-refractivity contribution in [3.63, 3.8) is 0 Å². The van der Waals surface area contributed by atoms with Crippen molar-refractivity contribution in [3.05, 3.63) is 65.2 Å². The maximum absolute atomic E-state index is 12.7. The van der Waals surface area contributed by atoms with Crippen LogP contribution in [0.15, 0.2) is 48.5 Å². The third-order valence-electron chi connectivity index (χ3n) is 4.04. The number of carbonyl (C=O) groups is 1. The smallest absolute Gasteiger partial charge is 0.242 e. The molecule has 4 nitrogen and oxygen atoms in total. The van der Waals surface area contributed by atoms with Crippen molar-refractivity contribution in [1.82, 2.24) is 0 Å². The summed E-state index contributed by atoms with van der Waals surface area (Å²) in [5.41, 5.74) is 3.40. The molecule has 134 valence electrons. The minimum Gasteiger partial charge on any atom is -0.309 e. The van der Waals surface area contributed by atoms with Crippen LogP contribution in [0.2, 0.25) is 0 Å². The van der Waals surface area contributed by atoms with Crippen molar-refractivity contribution in [2.24, 2.45) is 0 Å². The van der Waals surface area contributed by atoms with E-state index in [9.17, 15) is 13.2 Å². The maximum atomic E-state index is 12.7. The molecule has 0 aromatic heterocycles. The first-order chi connectivity index (χ1) is 11.7. The van der Waals surface area contributed by atoms with E-state index in [1.54, 1.807) is 4.90 Å². The van der Waals surface area contributed by atoms with E-state index in [1.165, 1.54) is 0 Å². The molecule has 0 aliphatic rings. The third-order valence-corrected chi connectivity index (χ3v) is 5.48. The number of rotatable bonds is 6. The van der Waals surface area contributed by atoms with E-state index in [0.29, 0.717) is 5.69 Å². The van der Waals surface area contributed by atoms with Crippen LogP contribution in [0.3, 0.4) is 0 Å². The SMILES string of the molecule is Cc1ccc(C)c(CS(=O)(=O)CC(=O)N(c2ccccc2)C(C)C)c1. The maximum Gasteiger partial charge on any atom is 0.242 e. The van der Waals surface area contributed by atoms with Gasteiger partial charge in [0, 0.05) is 11.7 Å². The summed E-state index contributed by atoms with van der Waals surface area (Å²) in [5, 5.41) is 0. The van der Waals surface area contributed by atoms with Crippen molar-refractivity contribution in [3.8, 4) is 0 Å². The second-order valence-electron chi connectivity index (χ2n) is 6.66. The molecule has 0 bridgehead atoms. The van der Waals surface area contributed by atoms with Crippen molar-refractivity contribution in [2.75, 3.05) is 10.7 Å². The van der Waals surface area contributed by atoms with Crippen LogP contribution in [0.25, 0.3) is 0 Å². The lowest BCUT2D eigenvalue weighted by molar-refractivity contribution is -0.116. The Morgan fingerprint density at radius 1 is 1.04 bits per heavy atom. The summed E-state index contributed by atoms with van der Waals surface area (Å²) in [6.45, 7) is 7.57. The molecule has 2 aromatic carbocycles. The van der Waals surface area contributed by atoms with E-state index >= 15 is 0 Å². The van der Waals surface area contributed by atoms with Gasteiger partial charge in [0.2, 0.25) is 5.91 Å². The summed E-state index contributed by atoms with van der Waals surface area (Å²) in [7, 11) is -3.55. The summed E-state index contributed by atoms with van der Waals surface area (Å²) >= 11 is 0. The second kappa shape index (κ2) is 7.83. The summed E-state index contributed by atoms with van der Waals surface area (Å²) in [6.07, 6.45) is 0. The first-order valence-electron chi connectivity index (χ1n) is 8.33. The number of para-hydroxylation sites is 1. The molecule has 0 heterocycles. The molecule has 0 aliphatic carbocycles. The molecular weight excluding hydrogens is 334 g/mol. The molecule has 25 heavy (non-hydrogen) atoms. The van der Waals surface area contributed by atoms with Gasteiger partial charge < -0.3 is 4.90 Å². The Balaban J connectivity index is 2.21. The van der Waals surface area contributed by atoms with Crippen LogP contribution in [-0.4, -0.2) is 26.1 Å². The summed E-state index contributed by atoms with van der Waals surface area (Å²) in [4.78, 5) is 14.2. The van der Waals surface area contributed by atoms with Gasteiger partial charge in [-0.05, 0) is 51.0 Å². The van der Waals surface area contributed by atoms with E-state index in [2.05, 4.69) is 0 Å². The fourth-order valence-electron chi connectivity index (χ4n) is 2.82. The lowest BCUT2D eigenvalue weighted by Gasteiger charge is -2.27. The van der Waals surface area contributed by atoms with E-state index in [1.807, 2.05) is 76.2 Å². The first kappa shape index (κ1) is 19.2. The van der Waals surface area contributed by atoms with E-state index in [0.717, 1.165) is 16.7 Å². The van der Waals surface area contributed by atoms with E-state index in [-0.39, 0.29) is 11.8 Å². The predicted molar refractivity (Wildman–Crippen MR) is 102 cm³/mol.